The van der Waals surface area contributed by atoms with Crippen LogP contribution in [-0.2, 0) is 4.79 Å². The van der Waals surface area contributed by atoms with E-state index in [2.05, 4.69) is 10.3 Å². The molecule has 0 spiro atoms. The number of aromatic nitrogens is 1. The Morgan fingerprint density at radius 2 is 2.11 bits per heavy atom. The molecule has 1 saturated carbocycles. The zero-order valence-corrected chi connectivity index (χ0v) is 10.4. The molecule has 102 valence electrons. The highest BCUT2D eigenvalue weighted by Crippen LogP contribution is 2.24. The smallest absolute Gasteiger partial charge is 0.306 e. The monoisotopic (exact) mass is 264 g/mol. The highest BCUT2D eigenvalue weighted by Gasteiger charge is 2.28. The van der Waals surface area contributed by atoms with Crippen molar-refractivity contribution in [1.82, 2.24) is 10.3 Å². The van der Waals surface area contributed by atoms with Gasteiger partial charge in [-0.1, -0.05) is 12.5 Å². The third-order valence-corrected chi connectivity index (χ3v) is 3.37. The van der Waals surface area contributed by atoms with Crippen molar-refractivity contribution in [1.29, 1.82) is 0 Å². The normalized spacial score (nSPS) is 22.7. The van der Waals surface area contributed by atoms with Crippen molar-refractivity contribution in [3.05, 3.63) is 34.2 Å². The van der Waals surface area contributed by atoms with E-state index in [-0.39, 0.29) is 23.2 Å². The van der Waals surface area contributed by atoms with Crippen molar-refractivity contribution in [2.75, 3.05) is 0 Å². The number of rotatable bonds is 3. The van der Waals surface area contributed by atoms with Gasteiger partial charge in [-0.3, -0.25) is 14.4 Å². The second kappa shape index (κ2) is 5.69. The Bertz CT molecular complexity index is 537. The average Bonchev–Trinajstić information content (AvgIpc) is 2.39. The number of hydrogen-bond donors (Lipinski definition) is 3. The van der Waals surface area contributed by atoms with Crippen molar-refractivity contribution in [2.45, 2.75) is 31.7 Å². The van der Waals surface area contributed by atoms with Crippen LogP contribution in [0.5, 0.6) is 0 Å². The summed E-state index contributed by atoms with van der Waals surface area (Å²) in [5, 5.41) is 11.8. The van der Waals surface area contributed by atoms with Crippen LogP contribution in [0, 0.1) is 5.92 Å². The predicted octanol–water partition coefficient (Wildman–Crippen LogP) is 0.748. The Morgan fingerprint density at radius 1 is 1.32 bits per heavy atom. The third kappa shape index (κ3) is 3.43. The molecule has 6 nitrogen and oxygen atoms in total. The molecule has 0 aromatic carbocycles. The number of aliphatic carboxylic acids is 1. The number of H-pyrrole nitrogens is 1. The van der Waals surface area contributed by atoms with Crippen molar-refractivity contribution in [3.63, 3.8) is 0 Å². The molecule has 2 atom stereocenters. The molecule has 0 bridgehead atoms. The van der Waals surface area contributed by atoms with Crippen LogP contribution >= 0.6 is 0 Å². The van der Waals surface area contributed by atoms with Gasteiger partial charge in [0.2, 0.25) is 5.56 Å². The van der Waals surface area contributed by atoms with Crippen molar-refractivity contribution >= 4 is 11.9 Å². The van der Waals surface area contributed by atoms with Gasteiger partial charge in [-0.2, -0.15) is 0 Å². The van der Waals surface area contributed by atoms with Gasteiger partial charge in [0.15, 0.2) is 0 Å². The fraction of sp³-hybridized carbons (Fsp3) is 0.462. The van der Waals surface area contributed by atoms with Crippen LogP contribution in [0.2, 0.25) is 0 Å². The second-order valence-corrected chi connectivity index (χ2v) is 4.80. The minimum absolute atomic E-state index is 0.147. The number of carbonyl (C=O) groups is 2. The number of pyridine rings is 1. The van der Waals surface area contributed by atoms with Gasteiger partial charge < -0.3 is 15.4 Å². The van der Waals surface area contributed by atoms with Crippen LogP contribution in [0.1, 0.15) is 36.2 Å². The first-order chi connectivity index (χ1) is 9.06. The van der Waals surface area contributed by atoms with Crippen LogP contribution in [0.4, 0.5) is 0 Å². The maximum absolute atomic E-state index is 11.9. The molecule has 2 unspecified atom stereocenters. The highest BCUT2D eigenvalue weighted by atomic mass is 16.4. The molecule has 2 rings (SSSR count). The molecule has 1 heterocycles. The standard InChI is InChI=1S/C13H16N2O4/c16-11-6-2-5-10(15-11)12(17)14-9-4-1-3-8(7-9)13(18)19/h2,5-6,8-9H,1,3-4,7H2,(H,14,17)(H,15,16)(H,18,19). The number of hydrogen-bond acceptors (Lipinski definition) is 3. The minimum atomic E-state index is -0.813. The summed E-state index contributed by atoms with van der Waals surface area (Å²) in [6.45, 7) is 0. The van der Waals surface area contributed by atoms with Crippen LogP contribution in [0.3, 0.4) is 0 Å². The lowest BCUT2D eigenvalue weighted by molar-refractivity contribution is -0.143. The van der Waals surface area contributed by atoms with Gasteiger partial charge >= 0.3 is 5.97 Å². The number of carbonyl (C=O) groups excluding carboxylic acids is 1. The fourth-order valence-electron chi connectivity index (χ4n) is 2.39. The first-order valence-corrected chi connectivity index (χ1v) is 6.29. The molecule has 6 heteroatoms. The zero-order valence-electron chi connectivity index (χ0n) is 10.4. The SMILES string of the molecule is O=C(NC1CCCC(C(=O)O)C1)c1cccc(=O)[nH]1. The molecule has 1 amide bonds. The summed E-state index contributed by atoms with van der Waals surface area (Å²) in [5.41, 5.74) is -0.135. The van der Waals surface area contributed by atoms with E-state index in [1.807, 2.05) is 0 Å². The number of carboxylic acid groups (broad SMARTS) is 1. The summed E-state index contributed by atoms with van der Waals surface area (Å²) in [6.07, 6.45) is 2.65. The summed E-state index contributed by atoms with van der Waals surface area (Å²) in [6, 6.07) is 4.21. The van der Waals surface area contributed by atoms with E-state index in [9.17, 15) is 14.4 Å². The summed E-state index contributed by atoms with van der Waals surface area (Å²) < 4.78 is 0. The molecule has 1 aliphatic carbocycles. The third-order valence-electron chi connectivity index (χ3n) is 3.37. The Hall–Kier alpha value is -2.11. The Morgan fingerprint density at radius 3 is 2.79 bits per heavy atom. The molecule has 0 radical (unpaired) electrons. The van der Waals surface area contributed by atoms with Crippen molar-refractivity contribution in [2.24, 2.45) is 5.92 Å². The summed E-state index contributed by atoms with van der Waals surface area (Å²) >= 11 is 0. The van der Waals surface area contributed by atoms with E-state index in [0.717, 1.165) is 12.8 Å². The largest absolute Gasteiger partial charge is 0.481 e. The molecular formula is C13H16N2O4. The number of nitrogens with one attached hydrogen (secondary N) is 2. The topological polar surface area (TPSA) is 99.3 Å². The lowest BCUT2D eigenvalue weighted by Crippen LogP contribution is -2.40. The Kier molecular flexibility index (Phi) is 3.99. The van der Waals surface area contributed by atoms with E-state index in [0.29, 0.717) is 12.8 Å². The van der Waals surface area contributed by atoms with Gasteiger partial charge in [0.05, 0.1) is 5.92 Å². The van der Waals surface area contributed by atoms with Crippen molar-refractivity contribution < 1.29 is 14.7 Å². The average molecular weight is 264 g/mol. The molecule has 1 fully saturated rings. The zero-order chi connectivity index (χ0) is 13.8. The summed E-state index contributed by atoms with van der Waals surface area (Å²) in [7, 11) is 0. The van der Waals surface area contributed by atoms with Gasteiger partial charge in [-0.25, -0.2) is 0 Å². The molecule has 1 aromatic heterocycles. The van der Waals surface area contributed by atoms with Crippen LogP contribution in [0.25, 0.3) is 0 Å². The first-order valence-electron chi connectivity index (χ1n) is 6.29. The van der Waals surface area contributed by atoms with Crippen LogP contribution < -0.4 is 10.9 Å². The molecular weight excluding hydrogens is 248 g/mol. The van der Waals surface area contributed by atoms with E-state index >= 15 is 0 Å². The van der Waals surface area contributed by atoms with Crippen LogP contribution in [0.15, 0.2) is 23.0 Å². The Balaban J connectivity index is 1.99. The van der Waals surface area contributed by atoms with Gasteiger partial charge in [-0.15, -0.1) is 0 Å². The minimum Gasteiger partial charge on any atom is -0.481 e. The van der Waals surface area contributed by atoms with E-state index in [1.165, 1.54) is 18.2 Å². The molecule has 0 saturated heterocycles. The van der Waals surface area contributed by atoms with Gasteiger partial charge in [-0.05, 0) is 25.3 Å². The maximum atomic E-state index is 11.9. The lowest BCUT2D eigenvalue weighted by Gasteiger charge is -2.27. The predicted molar refractivity (Wildman–Crippen MR) is 67.9 cm³/mol. The molecule has 1 aromatic rings. The van der Waals surface area contributed by atoms with Gasteiger partial charge in [0, 0.05) is 12.1 Å². The van der Waals surface area contributed by atoms with Crippen LogP contribution in [-0.4, -0.2) is 28.0 Å². The molecule has 19 heavy (non-hydrogen) atoms. The summed E-state index contributed by atoms with van der Waals surface area (Å²) in [4.78, 5) is 36.4. The van der Waals surface area contributed by atoms with Gasteiger partial charge in [0.1, 0.15) is 5.69 Å². The van der Waals surface area contributed by atoms with E-state index in [1.54, 1.807) is 0 Å². The lowest BCUT2D eigenvalue weighted by atomic mass is 9.86. The number of amides is 1. The number of carboxylic acids is 1. The summed E-state index contributed by atoms with van der Waals surface area (Å²) in [5.74, 6) is -1.57. The molecule has 1 aliphatic rings. The van der Waals surface area contributed by atoms with Gasteiger partial charge in [0.25, 0.3) is 5.91 Å². The quantitative estimate of drug-likeness (QED) is 0.750. The maximum Gasteiger partial charge on any atom is 0.306 e. The Labute approximate surface area is 109 Å². The highest BCUT2D eigenvalue weighted by molar-refractivity contribution is 5.92. The molecule has 3 N–H and O–H groups in total. The van der Waals surface area contributed by atoms with E-state index in [4.69, 9.17) is 5.11 Å². The first kappa shape index (κ1) is 13.3. The molecule has 0 aliphatic heterocycles. The number of aromatic amines is 1. The van der Waals surface area contributed by atoms with E-state index < -0.39 is 11.9 Å². The fourth-order valence-corrected chi connectivity index (χ4v) is 2.39. The van der Waals surface area contributed by atoms with Crippen molar-refractivity contribution in [3.8, 4) is 0 Å². The second-order valence-electron chi connectivity index (χ2n) is 4.80.